The van der Waals surface area contributed by atoms with E-state index < -0.39 is 0 Å². The second-order valence-corrected chi connectivity index (χ2v) is 4.92. The third-order valence-electron chi connectivity index (χ3n) is 1.96. The second kappa shape index (κ2) is 6.25. The Balaban J connectivity index is 2.76. The van der Waals surface area contributed by atoms with E-state index in [4.69, 9.17) is 4.74 Å². The monoisotopic (exact) mass is 349 g/mol. The predicted octanol–water partition coefficient (Wildman–Crippen LogP) is 3.58. The van der Waals surface area contributed by atoms with Crippen LogP contribution in [-0.2, 0) is 9.53 Å². The standard InChI is InChI=1S/C11H13Br2NO2/c1-3-16-11(15)7(2)14-10-8(12)5-4-6-9(10)13/h4-7,14H,3H2,1-2H3. The van der Waals surface area contributed by atoms with Gasteiger partial charge in [0.1, 0.15) is 6.04 Å². The highest BCUT2D eigenvalue weighted by atomic mass is 79.9. The van der Waals surface area contributed by atoms with Gasteiger partial charge < -0.3 is 10.1 Å². The van der Waals surface area contributed by atoms with Crippen LogP contribution in [0.5, 0.6) is 0 Å². The predicted molar refractivity (Wildman–Crippen MR) is 71.6 cm³/mol. The molecule has 1 atom stereocenters. The highest BCUT2D eigenvalue weighted by molar-refractivity contribution is 9.11. The van der Waals surface area contributed by atoms with Gasteiger partial charge in [-0.3, -0.25) is 0 Å². The van der Waals surface area contributed by atoms with Gasteiger partial charge in [-0.1, -0.05) is 6.07 Å². The fraction of sp³-hybridized carbons (Fsp3) is 0.364. The van der Waals surface area contributed by atoms with Gasteiger partial charge in [0.15, 0.2) is 0 Å². The zero-order valence-corrected chi connectivity index (χ0v) is 12.3. The molecule has 5 heteroatoms. The average molecular weight is 351 g/mol. The molecule has 0 aliphatic rings. The number of ether oxygens (including phenoxy) is 1. The molecule has 0 spiro atoms. The summed E-state index contributed by atoms with van der Waals surface area (Å²) < 4.78 is 6.73. The van der Waals surface area contributed by atoms with Crippen LogP contribution in [-0.4, -0.2) is 18.6 Å². The van der Waals surface area contributed by atoms with E-state index in [1.807, 2.05) is 18.2 Å². The molecule has 0 heterocycles. The maximum absolute atomic E-state index is 11.5. The van der Waals surface area contributed by atoms with Crippen molar-refractivity contribution >= 4 is 43.5 Å². The molecule has 16 heavy (non-hydrogen) atoms. The number of anilines is 1. The zero-order chi connectivity index (χ0) is 12.1. The summed E-state index contributed by atoms with van der Waals surface area (Å²) in [6.45, 7) is 3.95. The van der Waals surface area contributed by atoms with Gasteiger partial charge in [-0.05, 0) is 57.8 Å². The van der Waals surface area contributed by atoms with Gasteiger partial charge in [-0.2, -0.15) is 0 Å². The van der Waals surface area contributed by atoms with Gasteiger partial charge in [0.2, 0.25) is 0 Å². The van der Waals surface area contributed by atoms with Gasteiger partial charge in [0.05, 0.1) is 12.3 Å². The van der Waals surface area contributed by atoms with Crippen LogP contribution in [0.1, 0.15) is 13.8 Å². The molecule has 0 aliphatic heterocycles. The lowest BCUT2D eigenvalue weighted by Gasteiger charge is -2.16. The van der Waals surface area contributed by atoms with E-state index in [0.29, 0.717) is 6.61 Å². The number of carbonyl (C=O) groups is 1. The Kier molecular flexibility index (Phi) is 5.28. The average Bonchev–Trinajstić information content (AvgIpc) is 2.23. The fourth-order valence-electron chi connectivity index (χ4n) is 1.18. The number of nitrogens with one attached hydrogen (secondary N) is 1. The molecule has 1 rings (SSSR count). The first-order valence-corrected chi connectivity index (χ1v) is 6.52. The first-order valence-electron chi connectivity index (χ1n) is 4.93. The lowest BCUT2D eigenvalue weighted by molar-refractivity contribution is -0.143. The van der Waals surface area contributed by atoms with E-state index in [-0.39, 0.29) is 12.0 Å². The Hall–Kier alpha value is -0.550. The van der Waals surface area contributed by atoms with Crippen LogP contribution < -0.4 is 5.32 Å². The van der Waals surface area contributed by atoms with Gasteiger partial charge in [0.25, 0.3) is 0 Å². The molecule has 1 unspecified atom stereocenters. The summed E-state index contributed by atoms with van der Waals surface area (Å²) in [7, 11) is 0. The molecule has 3 nitrogen and oxygen atoms in total. The summed E-state index contributed by atoms with van der Waals surface area (Å²) in [5.74, 6) is -0.259. The molecule has 0 bridgehead atoms. The van der Waals surface area contributed by atoms with Gasteiger partial charge in [0, 0.05) is 8.95 Å². The van der Waals surface area contributed by atoms with Crippen molar-refractivity contribution in [2.75, 3.05) is 11.9 Å². The molecule has 0 aromatic heterocycles. The van der Waals surface area contributed by atoms with Crippen molar-refractivity contribution in [3.8, 4) is 0 Å². The SMILES string of the molecule is CCOC(=O)C(C)Nc1c(Br)cccc1Br. The lowest BCUT2D eigenvalue weighted by atomic mass is 10.2. The molecule has 0 fully saturated rings. The highest BCUT2D eigenvalue weighted by Crippen LogP contribution is 2.31. The maximum atomic E-state index is 11.5. The number of hydrogen-bond acceptors (Lipinski definition) is 3. The van der Waals surface area contributed by atoms with Gasteiger partial charge in [-0.15, -0.1) is 0 Å². The first kappa shape index (κ1) is 13.5. The molecule has 0 radical (unpaired) electrons. The molecule has 88 valence electrons. The Labute approximate surface area is 112 Å². The minimum Gasteiger partial charge on any atom is -0.464 e. The van der Waals surface area contributed by atoms with Crippen molar-refractivity contribution in [1.29, 1.82) is 0 Å². The third kappa shape index (κ3) is 3.49. The number of benzene rings is 1. The molecule has 0 aliphatic carbocycles. The molecule has 1 aromatic carbocycles. The normalized spacial score (nSPS) is 12.0. The summed E-state index contributed by atoms with van der Waals surface area (Å²) in [5.41, 5.74) is 0.850. The molecular formula is C11H13Br2NO2. The molecule has 1 aromatic rings. The van der Waals surface area contributed by atoms with Crippen molar-refractivity contribution in [3.63, 3.8) is 0 Å². The Morgan fingerprint density at radius 3 is 2.50 bits per heavy atom. The van der Waals surface area contributed by atoms with Crippen LogP contribution in [0.15, 0.2) is 27.1 Å². The van der Waals surface area contributed by atoms with E-state index in [1.165, 1.54) is 0 Å². The van der Waals surface area contributed by atoms with Crippen molar-refractivity contribution < 1.29 is 9.53 Å². The molecule has 0 amide bonds. The van der Waals surface area contributed by atoms with E-state index in [2.05, 4.69) is 37.2 Å². The summed E-state index contributed by atoms with van der Waals surface area (Å²) in [6.07, 6.45) is 0. The number of carbonyl (C=O) groups excluding carboxylic acids is 1. The molecule has 0 saturated carbocycles. The molecular weight excluding hydrogens is 338 g/mol. The van der Waals surface area contributed by atoms with Crippen molar-refractivity contribution in [2.24, 2.45) is 0 Å². The van der Waals surface area contributed by atoms with Crippen LogP contribution >= 0.6 is 31.9 Å². The van der Waals surface area contributed by atoms with Crippen LogP contribution in [0.25, 0.3) is 0 Å². The van der Waals surface area contributed by atoms with E-state index in [0.717, 1.165) is 14.6 Å². The maximum Gasteiger partial charge on any atom is 0.328 e. The van der Waals surface area contributed by atoms with Crippen molar-refractivity contribution in [3.05, 3.63) is 27.1 Å². The summed E-state index contributed by atoms with van der Waals surface area (Å²) in [5, 5.41) is 3.09. The van der Waals surface area contributed by atoms with E-state index >= 15 is 0 Å². The zero-order valence-electron chi connectivity index (χ0n) is 9.09. The summed E-state index contributed by atoms with van der Waals surface area (Å²) >= 11 is 6.84. The Morgan fingerprint density at radius 1 is 1.44 bits per heavy atom. The fourth-order valence-corrected chi connectivity index (χ4v) is 2.41. The van der Waals surface area contributed by atoms with Gasteiger partial charge >= 0.3 is 5.97 Å². The number of rotatable bonds is 4. The topological polar surface area (TPSA) is 38.3 Å². The Morgan fingerprint density at radius 2 is 2.00 bits per heavy atom. The van der Waals surface area contributed by atoms with Crippen molar-refractivity contribution in [2.45, 2.75) is 19.9 Å². The number of halogens is 2. The quantitative estimate of drug-likeness (QED) is 0.843. The van der Waals surface area contributed by atoms with Crippen molar-refractivity contribution in [1.82, 2.24) is 0 Å². The summed E-state index contributed by atoms with van der Waals surface area (Å²) in [6, 6.07) is 5.35. The van der Waals surface area contributed by atoms with Crippen LogP contribution in [0.2, 0.25) is 0 Å². The number of esters is 1. The molecule has 1 N–H and O–H groups in total. The van der Waals surface area contributed by atoms with Crippen LogP contribution in [0.4, 0.5) is 5.69 Å². The number of hydrogen-bond donors (Lipinski definition) is 1. The Bertz CT molecular complexity index is 362. The minimum absolute atomic E-state index is 0.259. The lowest BCUT2D eigenvalue weighted by Crippen LogP contribution is -2.28. The highest BCUT2D eigenvalue weighted by Gasteiger charge is 2.15. The van der Waals surface area contributed by atoms with E-state index in [9.17, 15) is 4.79 Å². The number of para-hydroxylation sites is 1. The van der Waals surface area contributed by atoms with Crippen LogP contribution in [0, 0.1) is 0 Å². The summed E-state index contributed by atoms with van der Waals surface area (Å²) in [4.78, 5) is 11.5. The van der Waals surface area contributed by atoms with Gasteiger partial charge in [-0.25, -0.2) is 4.79 Å². The minimum atomic E-state index is -0.380. The second-order valence-electron chi connectivity index (χ2n) is 3.21. The molecule has 0 saturated heterocycles. The largest absolute Gasteiger partial charge is 0.464 e. The first-order chi connectivity index (χ1) is 7.56. The smallest absolute Gasteiger partial charge is 0.328 e. The third-order valence-corrected chi connectivity index (χ3v) is 3.29. The van der Waals surface area contributed by atoms with Crippen LogP contribution in [0.3, 0.4) is 0 Å². The van der Waals surface area contributed by atoms with E-state index in [1.54, 1.807) is 13.8 Å².